The van der Waals surface area contributed by atoms with E-state index in [1.165, 1.54) is 16.2 Å². The maximum Gasteiger partial charge on any atom is 0.329 e. The van der Waals surface area contributed by atoms with Crippen LogP contribution in [0.1, 0.15) is 118 Å². The van der Waals surface area contributed by atoms with Crippen molar-refractivity contribution in [3.63, 3.8) is 0 Å². The summed E-state index contributed by atoms with van der Waals surface area (Å²) in [4.78, 5) is 82.1. The molecule has 4 N–H and O–H groups in total. The molecular formula is C47H65N7O8S. The van der Waals surface area contributed by atoms with Crippen LogP contribution in [0.15, 0.2) is 29.6 Å². The fraction of sp³-hybridized carbons (Fsp3) is 0.638. The number of ether oxygens (including phenoxy) is 2. The smallest absolute Gasteiger partial charge is 0.329 e. The fourth-order valence-electron chi connectivity index (χ4n) is 9.41. The highest BCUT2D eigenvalue weighted by atomic mass is 32.1. The number of benzene rings is 1. The molecule has 1 unspecified atom stereocenters. The van der Waals surface area contributed by atoms with Crippen molar-refractivity contribution >= 4 is 57.0 Å². The number of aromatic nitrogens is 2. The molecule has 4 amide bonds. The Kier molecular flexibility index (Phi) is 14.2. The third-order valence-corrected chi connectivity index (χ3v) is 14.1. The van der Waals surface area contributed by atoms with Crippen molar-refractivity contribution in [2.75, 3.05) is 32.1 Å². The van der Waals surface area contributed by atoms with Crippen molar-refractivity contribution in [1.29, 1.82) is 0 Å². The number of anilines is 1. The van der Waals surface area contributed by atoms with Crippen LogP contribution in [0, 0.1) is 17.3 Å². The molecule has 3 saturated heterocycles. The predicted molar refractivity (Wildman–Crippen MR) is 242 cm³/mol. The van der Waals surface area contributed by atoms with Crippen LogP contribution in [-0.4, -0.2) is 111 Å². The summed E-state index contributed by atoms with van der Waals surface area (Å²) in [5, 5.41) is 23.1. The van der Waals surface area contributed by atoms with Crippen LogP contribution in [-0.2, 0) is 24.0 Å². The van der Waals surface area contributed by atoms with E-state index < -0.39 is 41.5 Å². The highest BCUT2D eigenvalue weighted by Crippen LogP contribution is 2.48. The molecule has 1 aromatic carbocycles. The lowest BCUT2D eigenvalue weighted by Gasteiger charge is -2.37. The number of nitrogens with one attached hydrogen (secondary N) is 3. The number of thiazole rings is 1. The van der Waals surface area contributed by atoms with Gasteiger partial charge in [0.25, 0.3) is 0 Å². The third kappa shape index (κ3) is 10.9. The number of hydrogen-bond acceptors (Lipinski definition) is 11. The lowest BCUT2D eigenvalue weighted by Crippen LogP contribution is -2.56. The summed E-state index contributed by atoms with van der Waals surface area (Å²) in [6, 6.07) is 5.54. The topological polar surface area (TPSA) is 192 Å². The summed E-state index contributed by atoms with van der Waals surface area (Å²) >= 11 is 1.47. The van der Waals surface area contributed by atoms with E-state index in [2.05, 4.69) is 36.7 Å². The van der Waals surface area contributed by atoms with Crippen molar-refractivity contribution in [2.24, 2.45) is 17.3 Å². The first kappa shape index (κ1) is 46.0. The number of nitrogens with zero attached hydrogens (tertiary/aromatic N) is 4. The molecule has 0 radical (unpaired) electrons. The molecule has 6 atom stereocenters. The average Bonchev–Trinajstić information content (AvgIpc) is 3.49. The van der Waals surface area contributed by atoms with Gasteiger partial charge in [0, 0.05) is 61.3 Å². The Hall–Kier alpha value is -4.99. The number of pyridine rings is 1. The maximum atomic E-state index is 15.0. The van der Waals surface area contributed by atoms with Crippen LogP contribution >= 0.6 is 11.3 Å². The van der Waals surface area contributed by atoms with Crippen molar-refractivity contribution in [3.8, 4) is 22.9 Å². The zero-order valence-corrected chi connectivity index (χ0v) is 38.5. The summed E-state index contributed by atoms with van der Waals surface area (Å²) in [5.74, 6) is -1.44. The third-order valence-electron chi connectivity index (χ3n) is 13.3. The SMILES string of the molecule is COc1ccc2c(O[C@@H]3C[C@H]4C(=O)N[C@]5(C(=O)O)CC5CCCCCCC[C@H](NC(=O)C[C@H](CN5CCCCC5=O)C(C)(C)C)C(=O)N4C3)cc(-c3csc(NC(C)C)n3)nc2c1. The van der Waals surface area contributed by atoms with E-state index in [1.54, 1.807) is 7.11 Å². The number of fused-ring (bicyclic) bond motifs is 3. The van der Waals surface area contributed by atoms with Gasteiger partial charge in [-0.25, -0.2) is 14.8 Å². The average molecular weight is 888 g/mol. The molecule has 1 aliphatic carbocycles. The van der Waals surface area contributed by atoms with Gasteiger partial charge >= 0.3 is 5.97 Å². The number of likely N-dealkylation sites (tertiary alicyclic amines) is 1. The molecule has 7 rings (SSSR count). The standard InChI is InChI=1S/C47H65N7O8S/c1-28(2)48-45-51-37(27-63-45)36-23-39(33-18-17-31(61-6)21-35(33)49-36)62-32-22-38-42(57)52-47(44(59)60)24-29(47)14-10-8-7-9-11-15-34(43(58)54(38)26-32)50-40(55)20-30(46(3,4)5)25-53-19-13-12-16-41(53)56/h17-18,21,23,27-30,32,34,38H,7-16,19-20,22,24-26H2,1-6H3,(H,48,51)(H,50,55)(H,52,57)(H,59,60)/t29?,30-,32-,34+,38+,47-/m1/s1. The first-order valence-corrected chi connectivity index (χ1v) is 23.7. The molecule has 63 heavy (non-hydrogen) atoms. The monoisotopic (exact) mass is 887 g/mol. The first-order valence-electron chi connectivity index (χ1n) is 22.9. The predicted octanol–water partition coefficient (Wildman–Crippen LogP) is 6.79. The Balaban J connectivity index is 1.18. The Morgan fingerprint density at radius 1 is 1.02 bits per heavy atom. The van der Waals surface area contributed by atoms with E-state index in [0.717, 1.165) is 43.7 Å². The van der Waals surface area contributed by atoms with Crippen LogP contribution in [0.3, 0.4) is 0 Å². The molecule has 1 saturated carbocycles. The van der Waals surface area contributed by atoms with Gasteiger partial charge in [-0.1, -0.05) is 52.9 Å². The van der Waals surface area contributed by atoms with Crippen LogP contribution in [0.2, 0.25) is 0 Å². The molecule has 4 fully saturated rings. The Labute approximate surface area is 374 Å². The second kappa shape index (κ2) is 19.4. The number of aliphatic carboxylic acids is 1. The largest absolute Gasteiger partial charge is 0.497 e. The molecule has 5 heterocycles. The number of carboxylic acids is 1. The number of carboxylic acid groups (broad SMARTS) is 1. The number of rotatable bonds is 12. The minimum atomic E-state index is -1.39. The minimum absolute atomic E-state index is 0.0307. The summed E-state index contributed by atoms with van der Waals surface area (Å²) in [7, 11) is 1.59. The molecule has 15 nitrogen and oxygen atoms in total. The Morgan fingerprint density at radius 2 is 1.78 bits per heavy atom. The van der Waals surface area contributed by atoms with Gasteiger partial charge < -0.3 is 40.3 Å². The molecule has 2 aromatic heterocycles. The minimum Gasteiger partial charge on any atom is -0.497 e. The zero-order chi connectivity index (χ0) is 45.1. The molecular weight excluding hydrogens is 823 g/mol. The molecule has 4 aliphatic rings. The van der Waals surface area contributed by atoms with Crippen LogP contribution in [0.5, 0.6) is 11.5 Å². The van der Waals surface area contributed by atoms with Crippen LogP contribution in [0.25, 0.3) is 22.3 Å². The van der Waals surface area contributed by atoms with Gasteiger partial charge in [0.05, 0.1) is 24.9 Å². The second-order valence-electron chi connectivity index (χ2n) is 19.4. The number of methoxy groups -OCH3 is 1. The molecule has 0 spiro atoms. The van der Waals surface area contributed by atoms with Gasteiger partial charge in [0.1, 0.15) is 40.9 Å². The molecule has 3 aromatic rings. The van der Waals surface area contributed by atoms with Crippen LogP contribution in [0.4, 0.5) is 5.13 Å². The van der Waals surface area contributed by atoms with E-state index in [-0.39, 0.29) is 54.5 Å². The molecule has 342 valence electrons. The van der Waals surface area contributed by atoms with Crippen molar-refractivity contribution in [3.05, 3.63) is 29.6 Å². The number of amides is 4. The van der Waals surface area contributed by atoms with Gasteiger partial charge in [-0.15, -0.1) is 11.3 Å². The highest BCUT2D eigenvalue weighted by Gasteiger charge is 2.62. The van der Waals surface area contributed by atoms with Crippen molar-refractivity contribution < 1.29 is 38.6 Å². The van der Waals surface area contributed by atoms with Gasteiger partial charge in [-0.3, -0.25) is 19.2 Å². The fourth-order valence-corrected chi connectivity index (χ4v) is 10.3. The number of hydrogen-bond donors (Lipinski definition) is 4. The molecule has 0 bridgehead atoms. The number of piperidine rings is 1. The lowest BCUT2D eigenvalue weighted by atomic mass is 9.78. The van der Waals surface area contributed by atoms with E-state index in [9.17, 15) is 29.1 Å². The Bertz CT molecular complexity index is 2170. The van der Waals surface area contributed by atoms with Gasteiger partial charge in [-0.2, -0.15) is 0 Å². The summed E-state index contributed by atoms with van der Waals surface area (Å²) in [6.07, 6.45) is 7.51. The van der Waals surface area contributed by atoms with Gasteiger partial charge in [0.2, 0.25) is 23.6 Å². The highest BCUT2D eigenvalue weighted by molar-refractivity contribution is 7.14. The zero-order valence-electron chi connectivity index (χ0n) is 37.7. The van der Waals surface area contributed by atoms with Gasteiger partial charge in [-0.05, 0) is 75.3 Å². The van der Waals surface area contributed by atoms with Crippen LogP contribution < -0.4 is 25.4 Å². The van der Waals surface area contributed by atoms with E-state index in [4.69, 9.17) is 19.4 Å². The number of carbonyl (C=O) groups excluding carboxylic acids is 4. The van der Waals surface area contributed by atoms with Gasteiger partial charge in [0.15, 0.2) is 5.13 Å². The van der Waals surface area contributed by atoms with E-state index >= 15 is 0 Å². The van der Waals surface area contributed by atoms with E-state index in [1.807, 2.05) is 48.4 Å². The summed E-state index contributed by atoms with van der Waals surface area (Å²) in [6.45, 7) is 11.5. The summed E-state index contributed by atoms with van der Waals surface area (Å²) < 4.78 is 12.3. The summed E-state index contributed by atoms with van der Waals surface area (Å²) in [5.41, 5.74) is 0.157. The van der Waals surface area contributed by atoms with Crippen molar-refractivity contribution in [1.82, 2.24) is 30.4 Å². The maximum absolute atomic E-state index is 15.0. The lowest BCUT2D eigenvalue weighted by molar-refractivity contribution is -0.146. The molecule has 16 heteroatoms. The van der Waals surface area contributed by atoms with E-state index in [0.29, 0.717) is 79.0 Å². The second-order valence-corrected chi connectivity index (χ2v) is 20.3. The quantitative estimate of drug-likeness (QED) is 0.150. The van der Waals surface area contributed by atoms with Crippen molar-refractivity contribution in [2.45, 2.75) is 148 Å². The number of carbonyl (C=O) groups is 5. The first-order chi connectivity index (χ1) is 30.0. The Morgan fingerprint density at radius 3 is 2.49 bits per heavy atom. The normalized spacial score (nSPS) is 25.3. The molecule has 3 aliphatic heterocycles.